The van der Waals surface area contributed by atoms with Gasteiger partial charge in [-0.1, -0.05) is 13.8 Å². The van der Waals surface area contributed by atoms with E-state index in [2.05, 4.69) is 29.8 Å². The maximum absolute atomic E-state index is 11.7. The van der Waals surface area contributed by atoms with E-state index in [0.29, 0.717) is 24.0 Å². The molecular weight excluding hydrogens is 304 g/mol. The molecule has 0 saturated carbocycles. The zero-order chi connectivity index (χ0) is 12.7. The van der Waals surface area contributed by atoms with Gasteiger partial charge in [0.05, 0.1) is 18.1 Å². The molecule has 0 bridgehead atoms. The predicted molar refractivity (Wildman–Crippen MR) is 72.8 cm³/mol. The molecule has 0 saturated heterocycles. The standard InChI is InChI=1S/C12H17BrO3S/c1-9(2)7-15-4-5-16-8-11(14)12-10(13)3-6-17-12/h3,6,9H,4-5,7-8H2,1-2H3. The van der Waals surface area contributed by atoms with Crippen LogP contribution in [0.3, 0.4) is 0 Å². The van der Waals surface area contributed by atoms with Crippen LogP contribution in [0.4, 0.5) is 0 Å². The number of ketones is 1. The van der Waals surface area contributed by atoms with Crippen LogP contribution in [-0.2, 0) is 9.47 Å². The van der Waals surface area contributed by atoms with Crippen molar-refractivity contribution in [3.63, 3.8) is 0 Å². The third-order valence-electron chi connectivity index (χ3n) is 1.93. The van der Waals surface area contributed by atoms with Crippen molar-refractivity contribution in [2.24, 2.45) is 5.92 Å². The Morgan fingerprint density at radius 1 is 1.41 bits per heavy atom. The smallest absolute Gasteiger partial charge is 0.199 e. The maximum Gasteiger partial charge on any atom is 0.199 e. The molecule has 17 heavy (non-hydrogen) atoms. The van der Waals surface area contributed by atoms with E-state index in [9.17, 15) is 4.79 Å². The topological polar surface area (TPSA) is 35.5 Å². The summed E-state index contributed by atoms with van der Waals surface area (Å²) in [6.07, 6.45) is 0. The van der Waals surface area contributed by atoms with E-state index >= 15 is 0 Å². The van der Waals surface area contributed by atoms with Gasteiger partial charge in [0, 0.05) is 11.1 Å². The lowest BCUT2D eigenvalue weighted by Gasteiger charge is -2.07. The second-order valence-corrected chi connectivity index (χ2v) is 5.81. The lowest BCUT2D eigenvalue weighted by Crippen LogP contribution is -2.13. The maximum atomic E-state index is 11.7. The number of hydrogen-bond acceptors (Lipinski definition) is 4. The van der Waals surface area contributed by atoms with E-state index in [4.69, 9.17) is 9.47 Å². The summed E-state index contributed by atoms with van der Waals surface area (Å²) in [6.45, 7) is 6.04. The van der Waals surface area contributed by atoms with Gasteiger partial charge in [0.1, 0.15) is 6.61 Å². The van der Waals surface area contributed by atoms with Crippen LogP contribution in [0.25, 0.3) is 0 Å². The number of thiophene rings is 1. The molecule has 0 fully saturated rings. The minimum Gasteiger partial charge on any atom is -0.379 e. The van der Waals surface area contributed by atoms with Crippen LogP contribution >= 0.6 is 27.3 Å². The number of Topliss-reactive ketones (excluding diaryl/α,β-unsaturated/α-hetero) is 1. The lowest BCUT2D eigenvalue weighted by molar-refractivity contribution is 0.0365. The molecule has 1 aromatic rings. The molecule has 1 rings (SSSR count). The summed E-state index contributed by atoms with van der Waals surface area (Å²) in [6, 6.07) is 1.86. The van der Waals surface area contributed by atoms with Crippen molar-refractivity contribution in [1.29, 1.82) is 0 Å². The van der Waals surface area contributed by atoms with Gasteiger partial charge < -0.3 is 9.47 Å². The van der Waals surface area contributed by atoms with Crippen molar-refractivity contribution in [2.75, 3.05) is 26.4 Å². The molecule has 0 spiro atoms. The van der Waals surface area contributed by atoms with Crippen LogP contribution in [0.2, 0.25) is 0 Å². The number of rotatable bonds is 8. The Kier molecular flexibility index (Phi) is 6.96. The number of halogens is 1. The van der Waals surface area contributed by atoms with E-state index in [0.717, 1.165) is 11.1 Å². The Balaban J connectivity index is 2.11. The van der Waals surface area contributed by atoms with Crippen molar-refractivity contribution in [2.45, 2.75) is 13.8 Å². The van der Waals surface area contributed by atoms with Gasteiger partial charge >= 0.3 is 0 Å². The quantitative estimate of drug-likeness (QED) is 0.544. The molecule has 0 aliphatic heterocycles. The second-order valence-electron chi connectivity index (χ2n) is 4.04. The molecule has 0 unspecified atom stereocenters. The molecule has 3 nitrogen and oxygen atoms in total. The Labute approximate surface area is 114 Å². The van der Waals surface area contributed by atoms with Crippen molar-refractivity contribution >= 4 is 33.0 Å². The van der Waals surface area contributed by atoms with Gasteiger partial charge in [-0.3, -0.25) is 4.79 Å². The molecule has 0 radical (unpaired) electrons. The highest BCUT2D eigenvalue weighted by molar-refractivity contribution is 9.10. The summed E-state index contributed by atoms with van der Waals surface area (Å²) >= 11 is 4.75. The fraction of sp³-hybridized carbons (Fsp3) is 0.583. The number of hydrogen-bond donors (Lipinski definition) is 0. The van der Waals surface area contributed by atoms with Crippen molar-refractivity contribution in [3.05, 3.63) is 20.8 Å². The fourth-order valence-electron chi connectivity index (χ4n) is 1.16. The molecule has 0 aliphatic rings. The minimum absolute atomic E-state index is 0.00994. The van der Waals surface area contributed by atoms with Crippen LogP contribution in [0, 0.1) is 5.92 Å². The monoisotopic (exact) mass is 320 g/mol. The Morgan fingerprint density at radius 2 is 2.12 bits per heavy atom. The highest BCUT2D eigenvalue weighted by atomic mass is 79.9. The average Bonchev–Trinajstić information content (AvgIpc) is 2.69. The van der Waals surface area contributed by atoms with Gasteiger partial charge in [0.2, 0.25) is 0 Å². The van der Waals surface area contributed by atoms with Crippen LogP contribution in [-0.4, -0.2) is 32.2 Å². The van der Waals surface area contributed by atoms with Gasteiger partial charge in [-0.25, -0.2) is 0 Å². The first-order chi connectivity index (χ1) is 8.11. The van der Waals surface area contributed by atoms with Gasteiger partial charge in [-0.05, 0) is 33.3 Å². The molecule has 0 aliphatic carbocycles. The lowest BCUT2D eigenvalue weighted by atomic mass is 10.2. The van der Waals surface area contributed by atoms with Crippen LogP contribution in [0.1, 0.15) is 23.5 Å². The zero-order valence-electron chi connectivity index (χ0n) is 10.1. The summed E-state index contributed by atoms with van der Waals surface area (Å²) < 4.78 is 11.5. The van der Waals surface area contributed by atoms with Gasteiger partial charge in [-0.2, -0.15) is 0 Å². The van der Waals surface area contributed by atoms with E-state index in [-0.39, 0.29) is 12.4 Å². The number of carbonyl (C=O) groups excluding carboxylic acids is 1. The Bertz CT molecular complexity index is 349. The van der Waals surface area contributed by atoms with E-state index in [1.54, 1.807) is 0 Å². The van der Waals surface area contributed by atoms with Crippen molar-refractivity contribution < 1.29 is 14.3 Å². The SMILES string of the molecule is CC(C)COCCOCC(=O)c1sccc1Br. The number of carbonyl (C=O) groups is 1. The van der Waals surface area contributed by atoms with Crippen molar-refractivity contribution in [1.82, 2.24) is 0 Å². The average molecular weight is 321 g/mol. The van der Waals surface area contributed by atoms with Gasteiger partial charge in [0.25, 0.3) is 0 Å². The third kappa shape index (κ3) is 5.77. The van der Waals surface area contributed by atoms with E-state index in [1.807, 2.05) is 11.4 Å². The van der Waals surface area contributed by atoms with Gasteiger partial charge in [-0.15, -0.1) is 11.3 Å². The van der Waals surface area contributed by atoms with Crippen LogP contribution < -0.4 is 0 Å². The Morgan fingerprint density at radius 3 is 2.71 bits per heavy atom. The zero-order valence-corrected chi connectivity index (χ0v) is 12.5. The molecule has 0 atom stereocenters. The molecule has 0 amide bonds. The van der Waals surface area contributed by atoms with Gasteiger partial charge in [0.15, 0.2) is 5.78 Å². The fourth-order valence-corrected chi connectivity index (χ4v) is 2.68. The van der Waals surface area contributed by atoms with E-state index in [1.165, 1.54) is 11.3 Å². The summed E-state index contributed by atoms with van der Waals surface area (Å²) in [5.74, 6) is 0.537. The predicted octanol–water partition coefficient (Wildman–Crippen LogP) is 3.38. The highest BCUT2D eigenvalue weighted by Gasteiger charge is 2.11. The summed E-state index contributed by atoms with van der Waals surface area (Å²) in [7, 11) is 0. The largest absolute Gasteiger partial charge is 0.379 e. The Hall–Kier alpha value is -0.230. The summed E-state index contributed by atoms with van der Waals surface area (Å²) in [5, 5.41) is 1.88. The summed E-state index contributed by atoms with van der Waals surface area (Å²) in [4.78, 5) is 12.4. The van der Waals surface area contributed by atoms with E-state index < -0.39 is 0 Å². The molecule has 0 N–H and O–H groups in total. The molecular formula is C12H17BrO3S. The highest BCUT2D eigenvalue weighted by Crippen LogP contribution is 2.22. The van der Waals surface area contributed by atoms with Crippen LogP contribution in [0.15, 0.2) is 15.9 Å². The van der Waals surface area contributed by atoms with Crippen molar-refractivity contribution in [3.8, 4) is 0 Å². The summed E-state index contributed by atoms with van der Waals surface area (Å²) in [5.41, 5.74) is 0. The van der Waals surface area contributed by atoms with Crippen LogP contribution in [0.5, 0.6) is 0 Å². The minimum atomic E-state index is 0.00994. The first-order valence-electron chi connectivity index (χ1n) is 5.53. The first kappa shape index (κ1) is 14.8. The first-order valence-corrected chi connectivity index (χ1v) is 7.20. The second kappa shape index (κ2) is 7.97. The third-order valence-corrected chi connectivity index (χ3v) is 3.81. The molecule has 1 aromatic heterocycles. The molecule has 0 aromatic carbocycles. The normalized spacial score (nSPS) is 11.1. The molecule has 1 heterocycles. The number of ether oxygens (including phenoxy) is 2. The molecule has 96 valence electrons. The molecule has 5 heteroatoms.